The standard InChI is InChI=1S/C19H19FN4OS2/c1-2-12-21-18-23-24-19(27-18)26-16(13-6-4-3-5-7-13)17(25)22-15-10-8-14(20)9-11-15/h3-11,16H,2,12H2,1H3,(H,21,23)(H,22,25)/t16-/m0/s1. The van der Waals surface area contributed by atoms with Crippen LogP contribution in [0, 0.1) is 5.82 Å². The van der Waals surface area contributed by atoms with E-state index in [9.17, 15) is 9.18 Å². The van der Waals surface area contributed by atoms with Crippen LogP contribution in [0.15, 0.2) is 58.9 Å². The van der Waals surface area contributed by atoms with Crippen LogP contribution >= 0.6 is 23.1 Å². The second-order valence-electron chi connectivity index (χ2n) is 5.70. The van der Waals surface area contributed by atoms with E-state index in [0.717, 1.165) is 23.7 Å². The number of thioether (sulfide) groups is 1. The molecule has 0 radical (unpaired) electrons. The van der Waals surface area contributed by atoms with Gasteiger partial charge < -0.3 is 10.6 Å². The summed E-state index contributed by atoms with van der Waals surface area (Å²) in [6.07, 6.45) is 0.995. The molecule has 3 aromatic rings. The number of hydrogen-bond acceptors (Lipinski definition) is 6. The normalized spacial score (nSPS) is 11.8. The highest BCUT2D eigenvalue weighted by atomic mass is 32.2. The predicted molar refractivity (Wildman–Crippen MR) is 109 cm³/mol. The summed E-state index contributed by atoms with van der Waals surface area (Å²) in [7, 11) is 0. The number of amides is 1. The van der Waals surface area contributed by atoms with Crippen molar-refractivity contribution in [2.24, 2.45) is 0 Å². The Bertz CT molecular complexity index is 871. The van der Waals surface area contributed by atoms with Gasteiger partial charge in [0.2, 0.25) is 11.0 Å². The lowest BCUT2D eigenvalue weighted by atomic mass is 10.1. The smallest absolute Gasteiger partial charge is 0.242 e. The molecule has 2 aromatic carbocycles. The van der Waals surface area contributed by atoms with E-state index in [0.29, 0.717) is 10.0 Å². The van der Waals surface area contributed by atoms with Crippen LogP contribution in [0.5, 0.6) is 0 Å². The van der Waals surface area contributed by atoms with Crippen LogP contribution in [0.4, 0.5) is 15.2 Å². The maximum absolute atomic E-state index is 13.1. The average Bonchev–Trinajstić information content (AvgIpc) is 3.14. The van der Waals surface area contributed by atoms with Crippen LogP contribution in [0.25, 0.3) is 0 Å². The SMILES string of the molecule is CCCNc1nnc(S[C@H](C(=O)Nc2ccc(F)cc2)c2ccccc2)s1. The molecule has 5 nitrogen and oxygen atoms in total. The van der Waals surface area contributed by atoms with Gasteiger partial charge in [-0.3, -0.25) is 4.79 Å². The number of carbonyl (C=O) groups is 1. The van der Waals surface area contributed by atoms with Gasteiger partial charge in [0.05, 0.1) is 0 Å². The van der Waals surface area contributed by atoms with E-state index >= 15 is 0 Å². The number of aromatic nitrogens is 2. The van der Waals surface area contributed by atoms with Gasteiger partial charge in [-0.05, 0) is 36.2 Å². The fourth-order valence-electron chi connectivity index (χ4n) is 2.30. The van der Waals surface area contributed by atoms with Crippen molar-refractivity contribution in [3.63, 3.8) is 0 Å². The molecule has 8 heteroatoms. The lowest BCUT2D eigenvalue weighted by Gasteiger charge is -2.15. The minimum atomic E-state index is -0.497. The molecule has 0 saturated carbocycles. The zero-order chi connectivity index (χ0) is 19.1. The van der Waals surface area contributed by atoms with Crippen molar-refractivity contribution in [3.05, 3.63) is 66.0 Å². The Morgan fingerprint density at radius 3 is 2.59 bits per heavy atom. The molecule has 0 fully saturated rings. The molecule has 140 valence electrons. The highest BCUT2D eigenvalue weighted by Gasteiger charge is 2.24. The van der Waals surface area contributed by atoms with E-state index in [1.54, 1.807) is 0 Å². The molecular weight excluding hydrogens is 383 g/mol. The lowest BCUT2D eigenvalue weighted by Crippen LogP contribution is -2.19. The molecule has 1 aromatic heterocycles. The highest BCUT2D eigenvalue weighted by molar-refractivity contribution is 8.02. The van der Waals surface area contributed by atoms with Gasteiger partial charge in [0.15, 0.2) is 4.34 Å². The van der Waals surface area contributed by atoms with Crippen molar-refractivity contribution < 1.29 is 9.18 Å². The third-order valence-electron chi connectivity index (χ3n) is 3.60. The molecule has 0 aliphatic carbocycles. The van der Waals surface area contributed by atoms with Crippen LogP contribution in [0.3, 0.4) is 0 Å². The Morgan fingerprint density at radius 2 is 1.89 bits per heavy atom. The summed E-state index contributed by atoms with van der Waals surface area (Å²) in [5.74, 6) is -0.543. The Labute approximate surface area is 165 Å². The molecule has 0 saturated heterocycles. The molecule has 0 spiro atoms. The van der Waals surface area contributed by atoms with Crippen molar-refractivity contribution in [1.29, 1.82) is 0 Å². The first-order chi connectivity index (χ1) is 13.2. The molecule has 0 aliphatic rings. The van der Waals surface area contributed by atoms with Crippen LogP contribution in [-0.2, 0) is 4.79 Å². The summed E-state index contributed by atoms with van der Waals surface area (Å²) in [6, 6.07) is 15.2. The fraction of sp³-hybridized carbons (Fsp3) is 0.211. The number of anilines is 2. The molecular formula is C19H19FN4OS2. The Balaban J connectivity index is 1.77. The number of halogens is 1. The third kappa shape index (κ3) is 5.51. The maximum atomic E-state index is 13.1. The first-order valence-electron chi connectivity index (χ1n) is 8.51. The second-order valence-corrected chi connectivity index (χ2v) is 8.03. The Hall–Kier alpha value is -2.45. The molecule has 3 rings (SSSR count). The highest BCUT2D eigenvalue weighted by Crippen LogP contribution is 2.38. The van der Waals surface area contributed by atoms with E-state index in [4.69, 9.17) is 0 Å². The van der Waals surface area contributed by atoms with E-state index in [1.165, 1.54) is 47.4 Å². The predicted octanol–water partition coefficient (Wildman–Crippen LogP) is 4.97. The van der Waals surface area contributed by atoms with Crippen LogP contribution in [-0.4, -0.2) is 22.6 Å². The second kappa shape index (κ2) is 9.48. The van der Waals surface area contributed by atoms with Crippen molar-refractivity contribution in [1.82, 2.24) is 10.2 Å². The van der Waals surface area contributed by atoms with Gasteiger partial charge >= 0.3 is 0 Å². The number of benzene rings is 2. The summed E-state index contributed by atoms with van der Waals surface area (Å²) >= 11 is 2.77. The average molecular weight is 403 g/mol. The number of nitrogens with zero attached hydrogens (tertiary/aromatic N) is 2. The summed E-state index contributed by atoms with van der Waals surface area (Å²) in [5, 5.41) is 14.6. The molecule has 0 aliphatic heterocycles. The van der Waals surface area contributed by atoms with E-state index in [-0.39, 0.29) is 11.7 Å². The van der Waals surface area contributed by atoms with Crippen molar-refractivity contribution >= 4 is 39.8 Å². The summed E-state index contributed by atoms with van der Waals surface area (Å²) in [4.78, 5) is 12.9. The van der Waals surface area contributed by atoms with Crippen LogP contribution in [0.1, 0.15) is 24.2 Å². The van der Waals surface area contributed by atoms with Gasteiger partial charge in [0.25, 0.3) is 0 Å². The van der Waals surface area contributed by atoms with Crippen LogP contribution in [0.2, 0.25) is 0 Å². The number of rotatable bonds is 8. The molecule has 2 N–H and O–H groups in total. The van der Waals surface area contributed by atoms with E-state index in [1.807, 2.05) is 30.3 Å². The summed E-state index contributed by atoms with van der Waals surface area (Å²) in [6.45, 7) is 2.90. The van der Waals surface area contributed by atoms with Gasteiger partial charge in [-0.2, -0.15) is 0 Å². The first kappa shape index (κ1) is 19.3. The molecule has 0 unspecified atom stereocenters. The topological polar surface area (TPSA) is 66.9 Å². The van der Waals surface area contributed by atoms with Crippen molar-refractivity contribution in [2.45, 2.75) is 22.9 Å². The minimum absolute atomic E-state index is 0.198. The van der Waals surface area contributed by atoms with Gasteiger partial charge in [-0.15, -0.1) is 10.2 Å². The van der Waals surface area contributed by atoms with Gasteiger partial charge in [-0.25, -0.2) is 4.39 Å². The molecule has 1 amide bonds. The Kier molecular flexibility index (Phi) is 6.78. The first-order valence-corrected chi connectivity index (χ1v) is 10.2. The van der Waals surface area contributed by atoms with Crippen LogP contribution < -0.4 is 10.6 Å². The van der Waals surface area contributed by atoms with Gasteiger partial charge in [0, 0.05) is 12.2 Å². The molecule has 1 heterocycles. The fourth-order valence-corrected chi connectivity index (χ4v) is 4.27. The summed E-state index contributed by atoms with van der Waals surface area (Å²) in [5.41, 5.74) is 1.41. The number of carbonyl (C=O) groups excluding carboxylic acids is 1. The number of hydrogen-bond donors (Lipinski definition) is 2. The lowest BCUT2D eigenvalue weighted by molar-refractivity contribution is -0.115. The minimum Gasteiger partial charge on any atom is -0.360 e. The van der Waals surface area contributed by atoms with E-state index < -0.39 is 5.25 Å². The zero-order valence-electron chi connectivity index (χ0n) is 14.7. The van der Waals surface area contributed by atoms with Crippen molar-refractivity contribution in [2.75, 3.05) is 17.2 Å². The van der Waals surface area contributed by atoms with E-state index in [2.05, 4.69) is 27.8 Å². The van der Waals surface area contributed by atoms with Gasteiger partial charge in [0.1, 0.15) is 11.1 Å². The zero-order valence-corrected chi connectivity index (χ0v) is 16.3. The monoisotopic (exact) mass is 402 g/mol. The van der Waals surface area contributed by atoms with Gasteiger partial charge in [-0.1, -0.05) is 60.4 Å². The largest absolute Gasteiger partial charge is 0.360 e. The number of nitrogens with one attached hydrogen (secondary N) is 2. The summed E-state index contributed by atoms with van der Waals surface area (Å²) < 4.78 is 13.8. The molecule has 1 atom stereocenters. The quantitative estimate of drug-likeness (QED) is 0.521. The molecule has 27 heavy (non-hydrogen) atoms. The molecule has 0 bridgehead atoms. The Morgan fingerprint density at radius 1 is 1.15 bits per heavy atom. The maximum Gasteiger partial charge on any atom is 0.242 e. The van der Waals surface area contributed by atoms with Crippen molar-refractivity contribution in [3.8, 4) is 0 Å². The third-order valence-corrected chi connectivity index (χ3v) is 5.82.